The second-order valence-corrected chi connectivity index (χ2v) is 8.61. The molecule has 0 radical (unpaired) electrons. The summed E-state index contributed by atoms with van der Waals surface area (Å²) in [7, 11) is 2.19. The zero-order valence-corrected chi connectivity index (χ0v) is 15.3. The minimum atomic E-state index is 0.117. The number of anilines is 1. The van der Waals surface area contributed by atoms with Crippen LogP contribution in [-0.2, 0) is 12.0 Å². The molecule has 0 aliphatic heterocycles. The summed E-state index contributed by atoms with van der Waals surface area (Å²) in [5.41, 5.74) is 1.38. The van der Waals surface area contributed by atoms with Gasteiger partial charge in [0.1, 0.15) is 0 Å². The average molecular weight is 310 g/mol. The monoisotopic (exact) mass is 309 g/mol. The van der Waals surface area contributed by atoms with Gasteiger partial charge in [-0.2, -0.15) is 0 Å². The highest BCUT2D eigenvalue weighted by atomic mass is 32.1. The Morgan fingerprint density at radius 1 is 1.38 bits per heavy atom. The highest BCUT2D eigenvalue weighted by Crippen LogP contribution is 2.40. The Bertz CT molecular complexity index is 461. The molecule has 2 atom stereocenters. The quantitative estimate of drug-likeness (QED) is 0.771. The Morgan fingerprint density at radius 3 is 2.57 bits per heavy atom. The minimum Gasteiger partial charge on any atom is -0.351 e. The molecule has 1 saturated carbocycles. The largest absolute Gasteiger partial charge is 0.351 e. The lowest BCUT2D eigenvalue weighted by molar-refractivity contribution is 0.558. The van der Waals surface area contributed by atoms with E-state index < -0.39 is 0 Å². The van der Waals surface area contributed by atoms with Crippen LogP contribution in [0.2, 0.25) is 0 Å². The molecule has 1 N–H and O–H groups in total. The number of hydrogen-bond acceptors (Lipinski definition) is 4. The number of aromatic nitrogens is 1. The molecular weight excluding hydrogens is 278 g/mol. The maximum atomic E-state index is 4.97. The van der Waals surface area contributed by atoms with Crippen LogP contribution in [0, 0.1) is 11.8 Å². The van der Waals surface area contributed by atoms with Gasteiger partial charge in [0.15, 0.2) is 5.13 Å². The Balaban J connectivity index is 2.10. The fourth-order valence-electron chi connectivity index (χ4n) is 2.67. The van der Waals surface area contributed by atoms with Gasteiger partial charge >= 0.3 is 0 Å². The van der Waals surface area contributed by atoms with Gasteiger partial charge in [-0.15, -0.1) is 11.3 Å². The van der Waals surface area contributed by atoms with Crippen molar-refractivity contribution < 1.29 is 0 Å². The van der Waals surface area contributed by atoms with Crippen molar-refractivity contribution in [1.82, 2.24) is 10.3 Å². The molecule has 1 aliphatic carbocycles. The van der Waals surface area contributed by atoms with Crippen molar-refractivity contribution in [2.24, 2.45) is 11.8 Å². The molecule has 1 aromatic rings. The summed E-state index contributed by atoms with van der Waals surface area (Å²) in [5, 5.41) is 4.72. The first-order valence-electron chi connectivity index (χ1n) is 8.25. The van der Waals surface area contributed by atoms with E-state index in [0.29, 0.717) is 0 Å². The minimum absolute atomic E-state index is 0.117. The van der Waals surface area contributed by atoms with Crippen LogP contribution in [0.25, 0.3) is 0 Å². The second kappa shape index (κ2) is 6.66. The molecule has 2 rings (SSSR count). The lowest BCUT2D eigenvalue weighted by atomic mass is 9.91. The van der Waals surface area contributed by atoms with Crippen molar-refractivity contribution in [3.05, 3.63) is 10.6 Å². The van der Waals surface area contributed by atoms with Gasteiger partial charge in [0.25, 0.3) is 0 Å². The first kappa shape index (κ1) is 16.8. The number of nitrogens with zero attached hydrogens (tertiary/aromatic N) is 2. The Labute approximate surface area is 134 Å². The van der Waals surface area contributed by atoms with Crippen molar-refractivity contribution in [2.75, 3.05) is 25.0 Å². The zero-order valence-electron chi connectivity index (χ0n) is 14.5. The number of thiazole rings is 1. The highest BCUT2D eigenvalue weighted by molar-refractivity contribution is 7.15. The summed E-state index contributed by atoms with van der Waals surface area (Å²) in [6, 6.07) is 0. The molecule has 0 bridgehead atoms. The van der Waals surface area contributed by atoms with Gasteiger partial charge in [0.2, 0.25) is 0 Å². The third-order valence-corrected chi connectivity index (χ3v) is 5.39. The fraction of sp³-hybridized carbons (Fsp3) is 0.824. The molecule has 2 unspecified atom stereocenters. The van der Waals surface area contributed by atoms with Crippen LogP contribution in [-0.4, -0.2) is 25.1 Å². The first-order chi connectivity index (χ1) is 9.82. The molecule has 0 amide bonds. The third kappa shape index (κ3) is 4.43. The van der Waals surface area contributed by atoms with E-state index in [1.807, 2.05) is 11.3 Å². The van der Waals surface area contributed by atoms with E-state index in [4.69, 9.17) is 4.98 Å². The third-order valence-electron chi connectivity index (χ3n) is 4.22. The average Bonchev–Trinajstić information content (AvgIpc) is 2.91. The maximum absolute atomic E-state index is 4.97. The Morgan fingerprint density at radius 2 is 2.05 bits per heavy atom. The van der Waals surface area contributed by atoms with E-state index in [0.717, 1.165) is 31.5 Å². The zero-order chi connectivity index (χ0) is 15.6. The molecule has 1 heterocycles. The Kier molecular flexibility index (Phi) is 5.31. The van der Waals surface area contributed by atoms with Crippen molar-refractivity contribution in [3.63, 3.8) is 0 Å². The normalized spacial score (nSPS) is 21.6. The van der Waals surface area contributed by atoms with Gasteiger partial charge in [-0.3, -0.25) is 0 Å². The SMILES string of the molecule is CCCNCc1sc(N(C)CC2CC2C)nc1C(C)(C)C. The van der Waals surface area contributed by atoms with Crippen molar-refractivity contribution in [1.29, 1.82) is 0 Å². The molecule has 3 nitrogen and oxygen atoms in total. The second-order valence-electron chi connectivity index (χ2n) is 7.55. The van der Waals surface area contributed by atoms with Gasteiger partial charge in [-0.1, -0.05) is 34.6 Å². The summed E-state index contributed by atoms with van der Waals surface area (Å²) in [6.45, 7) is 14.5. The molecule has 0 spiro atoms. The van der Waals surface area contributed by atoms with E-state index in [2.05, 4.69) is 51.9 Å². The lowest BCUT2D eigenvalue weighted by Gasteiger charge is -2.18. The molecule has 0 aromatic carbocycles. The van der Waals surface area contributed by atoms with E-state index in [-0.39, 0.29) is 5.41 Å². The van der Waals surface area contributed by atoms with Crippen LogP contribution < -0.4 is 10.2 Å². The van der Waals surface area contributed by atoms with E-state index in [1.54, 1.807) is 0 Å². The summed E-state index contributed by atoms with van der Waals surface area (Å²) in [5.74, 6) is 1.78. The molecular formula is C17H31N3S. The molecule has 1 fully saturated rings. The summed E-state index contributed by atoms with van der Waals surface area (Å²) in [6.07, 6.45) is 2.56. The predicted molar refractivity (Wildman–Crippen MR) is 93.4 cm³/mol. The van der Waals surface area contributed by atoms with Gasteiger partial charge in [0, 0.05) is 30.4 Å². The van der Waals surface area contributed by atoms with Crippen LogP contribution in [0.1, 0.15) is 58.0 Å². The van der Waals surface area contributed by atoms with Gasteiger partial charge in [0.05, 0.1) is 5.69 Å². The molecule has 4 heteroatoms. The van der Waals surface area contributed by atoms with E-state index in [1.165, 1.54) is 28.5 Å². The van der Waals surface area contributed by atoms with E-state index in [9.17, 15) is 0 Å². The molecule has 1 aliphatic rings. The topological polar surface area (TPSA) is 28.2 Å². The number of rotatable bonds is 7. The fourth-order valence-corrected chi connectivity index (χ4v) is 3.88. The van der Waals surface area contributed by atoms with Crippen molar-refractivity contribution >= 4 is 16.5 Å². The number of hydrogen-bond donors (Lipinski definition) is 1. The molecule has 21 heavy (non-hydrogen) atoms. The van der Waals surface area contributed by atoms with Gasteiger partial charge in [-0.25, -0.2) is 4.98 Å². The maximum Gasteiger partial charge on any atom is 0.185 e. The smallest absolute Gasteiger partial charge is 0.185 e. The van der Waals surface area contributed by atoms with Crippen molar-refractivity contribution in [2.45, 2.75) is 59.4 Å². The van der Waals surface area contributed by atoms with E-state index >= 15 is 0 Å². The highest BCUT2D eigenvalue weighted by Gasteiger charge is 2.34. The van der Waals surface area contributed by atoms with Crippen LogP contribution in [0.4, 0.5) is 5.13 Å². The van der Waals surface area contributed by atoms with Crippen LogP contribution in [0.3, 0.4) is 0 Å². The van der Waals surface area contributed by atoms with Crippen LogP contribution in [0.5, 0.6) is 0 Å². The Hall–Kier alpha value is -0.610. The van der Waals surface area contributed by atoms with Gasteiger partial charge < -0.3 is 10.2 Å². The predicted octanol–water partition coefficient (Wildman–Crippen LogP) is 4.03. The van der Waals surface area contributed by atoms with Crippen molar-refractivity contribution in [3.8, 4) is 0 Å². The molecule has 0 saturated heterocycles. The van der Waals surface area contributed by atoms with Crippen LogP contribution >= 0.6 is 11.3 Å². The molecule has 1 aromatic heterocycles. The van der Waals surface area contributed by atoms with Crippen LogP contribution in [0.15, 0.2) is 0 Å². The standard InChI is InChI=1S/C17H31N3S/c1-7-8-18-10-14-15(17(3,4)5)19-16(21-14)20(6)11-13-9-12(13)2/h12-13,18H,7-11H2,1-6H3. The molecule has 120 valence electrons. The lowest BCUT2D eigenvalue weighted by Crippen LogP contribution is -2.21. The summed E-state index contributed by atoms with van der Waals surface area (Å²) >= 11 is 1.87. The first-order valence-corrected chi connectivity index (χ1v) is 9.06. The summed E-state index contributed by atoms with van der Waals surface area (Å²) < 4.78 is 0. The number of nitrogens with one attached hydrogen (secondary N) is 1. The summed E-state index contributed by atoms with van der Waals surface area (Å²) in [4.78, 5) is 8.73. The van der Waals surface area contributed by atoms with Gasteiger partial charge in [-0.05, 0) is 31.2 Å².